The van der Waals surface area contributed by atoms with Crippen molar-refractivity contribution in [1.82, 2.24) is 0 Å². The van der Waals surface area contributed by atoms with Crippen LogP contribution in [-0.2, 0) is 33.6 Å². The van der Waals surface area contributed by atoms with Gasteiger partial charge in [-0.15, -0.1) is 0 Å². The van der Waals surface area contributed by atoms with Gasteiger partial charge in [-0.3, -0.25) is 9.59 Å². The maximum atomic E-state index is 12.9. The largest absolute Gasteiger partial charge is 0.416 e. The summed E-state index contributed by atoms with van der Waals surface area (Å²) in [6.45, 7) is 0. The summed E-state index contributed by atoms with van der Waals surface area (Å²) in [6, 6.07) is 17.6. The molecule has 1 atom stereocenters. The Labute approximate surface area is 194 Å². The molecule has 9 heteroatoms. The number of Topliss-reactive ketones (excluding diaryl/α,β-unsaturated/α-hetero) is 1. The fourth-order valence-corrected chi connectivity index (χ4v) is 5.60. The number of nitrogens with one attached hydrogen (secondary N) is 1. The summed E-state index contributed by atoms with van der Waals surface area (Å²) in [5.41, 5.74) is 1.12. The highest BCUT2D eigenvalue weighted by atomic mass is 32.2. The number of amides is 1. The second-order valence-corrected chi connectivity index (χ2v) is 10.1. The first-order chi connectivity index (χ1) is 16.0. The Hall–Kier alpha value is -3.46. The minimum absolute atomic E-state index is 0.0128. The average molecular weight is 487 g/mol. The maximum Gasteiger partial charge on any atom is 0.416 e. The van der Waals surface area contributed by atoms with Crippen LogP contribution < -0.4 is 5.32 Å². The van der Waals surface area contributed by atoms with E-state index in [2.05, 4.69) is 5.32 Å². The van der Waals surface area contributed by atoms with Gasteiger partial charge in [-0.2, -0.15) is 13.2 Å². The lowest BCUT2D eigenvalue weighted by Crippen LogP contribution is -2.39. The van der Waals surface area contributed by atoms with Gasteiger partial charge >= 0.3 is 6.18 Å². The molecule has 4 rings (SSSR count). The van der Waals surface area contributed by atoms with Crippen LogP contribution in [-0.4, -0.2) is 25.9 Å². The molecule has 176 valence electrons. The predicted molar refractivity (Wildman–Crippen MR) is 120 cm³/mol. The summed E-state index contributed by atoms with van der Waals surface area (Å²) < 4.78 is 63.6. The lowest BCUT2D eigenvalue weighted by Gasteiger charge is -2.22. The van der Waals surface area contributed by atoms with Crippen LogP contribution in [0.2, 0.25) is 0 Å². The van der Waals surface area contributed by atoms with Gasteiger partial charge in [0.15, 0.2) is 15.6 Å². The van der Waals surface area contributed by atoms with Crippen molar-refractivity contribution >= 4 is 27.2 Å². The number of carbonyl (C=O) groups is 2. The number of fused-ring (bicyclic) bond motifs is 1. The Morgan fingerprint density at radius 2 is 1.59 bits per heavy atom. The summed E-state index contributed by atoms with van der Waals surface area (Å²) in [5, 5.41) is 2.59. The molecule has 0 saturated heterocycles. The molecular weight excluding hydrogens is 467 g/mol. The Balaban J connectivity index is 1.40. The van der Waals surface area contributed by atoms with Crippen LogP contribution in [0.5, 0.6) is 0 Å². The number of halogens is 3. The fraction of sp³-hybridized carbons (Fsp3) is 0.200. The molecular formula is C25H20F3NO4S. The second kappa shape index (κ2) is 9.06. The summed E-state index contributed by atoms with van der Waals surface area (Å²) in [6.07, 6.45) is -3.49. The number of ketones is 1. The van der Waals surface area contributed by atoms with Crippen molar-refractivity contribution in [2.75, 3.05) is 11.1 Å². The zero-order valence-corrected chi connectivity index (χ0v) is 18.6. The lowest BCUT2D eigenvalue weighted by molar-refractivity contribution is -0.137. The Bertz CT molecular complexity index is 1350. The zero-order valence-electron chi connectivity index (χ0n) is 17.8. The molecule has 3 aromatic rings. The fourth-order valence-electron chi connectivity index (χ4n) is 3.88. The van der Waals surface area contributed by atoms with E-state index in [1.54, 1.807) is 36.4 Å². The summed E-state index contributed by atoms with van der Waals surface area (Å²) in [5.74, 6) is -3.19. The highest BCUT2D eigenvalue weighted by Crippen LogP contribution is 2.30. The molecule has 34 heavy (non-hydrogen) atoms. The maximum absolute atomic E-state index is 12.9. The number of hydrogen-bond acceptors (Lipinski definition) is 4. The van der Waals surface area contributed by atoms with Crippen molar-refractivity contribution in [3.63, 3.8) is 0 Å². The van der Waals surface area contributed by atoms with E-state index in [-0.39, 0.29) is 10.5 Å². The van der Waals surface area contributed by atoms with E-state index in [0.717, 1.165) is 17.7 Å². The second-order valence-electron chi connectivity index (χ2n) is 8.08. The average Bonchev–Trinajstić information content (AvgIpc) is 2.81. The summed E-state index contributed by atoms with van der Waals surface area (Å²) in [4.78, 5) is 25.3. The summed E-state index contributed by atoms with van der Waals surface area (Å²) >= 11 is 0. The number of carbonyl (C=O) groups excluding carboxylic acids is 2. The molecule has 0 aromatic heterocycles. The van der Waals surface area contributed by atoms with Gasteiger partial charge in [0, 0.05) is 11.3 Å². The van der Waals surface area contributed by atoms with Crippen molar-refractivity contribution in [3.05, 3.63) is 95.1 Å². The van der Waals surface area contributed by atoms with Crippen molar-refractivity contribution in [3.8, 4) is 0 Å². The van der Waals surface area contributed by atoms with Crippen molar-refractivity contribution in [2.45, 2.75) is 23.9 Å². The molecule has 0 fully saturated rings. The monoisotopic (exact) mass is 487 g/mol. The molecule has 1 heterocycles. The van der Waals surface area contributed by atoms with Gasteiger partial charge < -0.3 is 5.32 Å². The molecule has 0 spiro atoms. The van der Waals surface area contributed by atoms with E-state index in [1.807, 2.05) is 0 Å². The van der Waals surface area contributed by atoms with Crippen molar-refractivity contribution in [1.29, 1.82) is 0 Å². The molecule has 1 unspecified atom stereocenters. The molecule has 0 saturated carbocycles. The van der Waals surface area contributed by atoms with Gasteiger partial charge in [0.05, 0.1) is 16.2 Å². The topological polar surface area (TPSA) is 80.3 Å². The number of benzene rings is 3. The Morgan fingerprint density at radius 3 is 2.29 bits per heavy atom. The zero-order chi connectivity index (χ0) is 24.5. The molecule has 1 aliphatic heterocycles. The standard InChI is InChI=1S/C25H20F3NO4S/c26-25(27,28)18-5-3-4-17(14-18)9-8-16-10-12-19(13-11-16)29-24(31)21-15-34(32,33)22-7-2-1-6-20(22)23(21)30/h1-7,10-14,21H,8-9,15H2,(H,29,31). The Kier molecular flexibility index (Phi) is 6.31. The predicted octanol–water partition coefficient (Wildman–Crippen LogP) is 4.72. The molecule has 0 bridgehead atoms. The van der Waals surface area contributed by atoms with Crippen LogP contribution in [0.25, 0.3) is 0 Å². The van der Waals surface area contributed by atoms with Gasteiger partial charge in [-0.1, -0.05) is 48.5 Å². The minimum atomic E-state index is -4.39. The van der Waals surface area contributed by atoms with Gasteiger partial charge in [-0.25, -0.2) is 8.42 Å². The number of alkyl halides is 3. The third-order valence-electron chi connectivity index (χ3n) is 5.68. The van der Waals surface area contributed by atoms with E-state index >= 15 is 0 Å². The van der Waals surface area contributed by atoms with Gasteiger partial charge in [-0.05, 0) is 48.2 Å². The quantitative estimate of drug-likeness (QED) is 0.529. The molecule has 0 radical (unpaired) electrons. The molecule has 5 nitrogen and oxygen atoms in total. The first kappa shape index (κ1) is 23.7. The van der Waals surface area contributed by atoms with Crippen LogP contribution in [0.4, 0.5) is 18.9 Å². The number of aryl methyl sites for hydroxylation is 2. The molecule has 1 N–H and O–H groups in total. The van der Waals surface area contributed by atoms with E-state index in [1.165, 1.54) is 24.3 Å². The van der Waals surface area contributed by atoms with Crippen LogP contribution in [0.15, 0.2) is 77.7 Å². The smallest absolute Gasteiger partial charge is 0.325 e. The van der Waals surface area contributed by atoms with Crippen molar-refractivity contribution < 1.29 is 31.2 Å². The van der Waals surface area contributed by atoms with E-state index in [4.69, 9.17) is 0 Å². The van der Waals surface area contributed by atoms with E-state index < -0.39 is 44.9 Å². The number of sulfone groups is 1. The normalized spacial score (nSPS) is 17.1. The van der Waals surface area contributed by atoms with Gasteiger partial charge in [0.2, 0.25) is 5.91 Å². The first-order valence-electron chi connectivity index (χ1n) is 10.5. The molecule has 1 amide bonds. The van der Waals surface area contributed by atoms with Crippen molar-refractivity contribution in [2.24, 2.45) is 5.92 Å². The third kappa shape index (κ3) is 5.04. The van der Waals surface area contributed by atoms with Crippen LogP contribution in [0, 0.1) is 5.92 Å². The number of rotatable bonds is 5. The van der Waals surface area contributed by atoms with Gasteiger partial charge in [0.1, 0.15) is 5.92 Å². The summed E-state index contributed by atoms with van der Waals surface area (Å²) in [7, 11) is -3.77. The molecule has 1 aliphatic rings. The Morgan fingerprint density at radius 1 is 0.912 bits per heavy atom. The first-order valence-corrected chi connectivity index (χ1v) is 12.1. The SMILES string of the molecule is O=C(Nc1ccc(CCc2cccc(C(F)(F)F)c2)cc1)C1CS(=O)(=O)c2ccccc2C1=O. The lowest BCUT2D eigenvalue weighted by atomic mass is 9.97. The van der Waals surface area contributed by atoms with Crippen LogP contribution >= 0.6 is 0 Å². The van der Waals surface area contributed by atoms with Gasteiger partial charge in [0.25, 0.3) is 0 Å². The van der Waals surface area contributed by atoms with Crippen LogP contribution in [0.3, 0.4) is 0 Å². The molecule has 0 aliphatic carbocycles. The van der Waals surface area contributed by atoms with E-state index in [0.29, 0.717) is 24.1 Å². The van der Waals surface area contributed by atoms with E-state index in [9.17, 15) is 31.2 Å². The third-order valence-corrected chi connectivity index (χ3v) is 7.48. The number of hydrogen-bond donors (Lipinski definition) is 1. The highest BCUT2D eigenvalue weighted by Gasteiger charge is 2.40. The number of anilines is 1. The highest BCUT2D eigenvalue weighted by molar-refractivity contribution is 7.91. The van der Waals surface area contributed by atoms with Crippen LogP contribution in [0.1, 0.15) is 27.0 Å². The molecule has 3 aromatic carbocycles. The minimum Gasteiger partial charge on any atom is -0.325 e.